The number of fused-ring (bicyclic) bond motifs is 1. The molecule has 0 aliphatic carbocycles. The third-order valence-corrected chi connectivity index (χ3v) is 4.97. The second-order valence-electron chi connectivity index (χ2n) is 4.89. The lowest BCUT2D eigenvalue weighted by atomic mass is 10.2. The summed E-state index contributed by atoms with van der Waals surface area (Å²) < 4.78 is 5.42. The van der Waals surface area contributed by atoms with Crippen molar-refractivity contribution in [1.82, 2.24) is 4.90 Å². The molecule has 2 N–H and O–H groups in total. The van der Waals surface area contributed by atoms with E-state index in [9.17, 15) is 4.79 Å². The summed E-state index contributed by atoms with van der Waals surface area (Å²) in [6, 6.07) is 2.24. The first-order chi connectivity index (χ1) is 8.79. The summed E-state index contributed by atoms with van der Waals surface area (Å²) >= 11 is 1.63. The van der Waals surface area contributed by atoms with Gasteiger partial charge in [-0.3, -0.25) is 4.79 Å². The van der Waals surface area contributed by atoms with Gasteiger partial charge >= 0.3 is 0 Å². The van der Waals surface area contributed by atoms with Gasteiger partial charge in [-0.2, -0.15) is 0 Å². The number of ether oxygens (including phenoxy) is 1. The number of rotatable bonds is 2. The van der Waals surface area contributed by atoms with Crippen molar-refractivity contribution >= 4 is 29.7 Å². The van der Waals surface area contributed by atoms with E-state index in [1.807, 2.05) is 11.0 Å². The summed E-state index contributed by atoms with van der Waals surface area (Å²) in [5.74, 6) is 0.155. The number of hydrogen-bond donors (Lipinski definition) is 1. The Balaban J connectivity index is 0.00000133. The van der Waals surface area contributed by atoms with Crippen LogP contribution in [0.25, 0.3) is 0 Å². The first kappa shape index (κ1) is 14.8. The minimum atomic E-state index is 0. The van der Waals surface area contributed by atoms with E-state index in [0.29, 0.717) is 13.2 Å². The maximum Gasteiger partial charge on any atom is 0.264 e. The van der Waals surface area contributed by atoms with Crippen LogP contribution < -0.4 is 5.73 Å². The highest BCUT2D eigenvalue weighted by atomic mass is 35.5. The number of nitrogens with two attached hydrogens (primary N) is 1. The van der Waals surface area contributed by atoms with Crippen LogP contribution in [0.2, 0.25) is 0 Å². The molecule has 3 heterocycles. The van der Waals surface area contributed by atoms with E-state index in [1.54, 1.807) is 11.3 Å². The van der Waals surface area contributed by atoms with E-state index in [0.717, 1.165) is 37.3 Å². The molecule has 0 aromatic carbocycles. The number of carbonyl (C=O) groups excluding carboxylic acids is 1. The molecular weight excluding hydrogens is 284 g/mol. The first-order valence-electron chi connectivity index (χ1n) is 6.50. The van der Waals surface area contributed by atoms with E-state index in [-0.39, 0.29) is 24.4 Å². The number of thiophene rings is 1. The smallest absolute Gasteiger partial charge is 0.264 e. The molecule has 1 aromatic rings. The lowest BCUT2D eigenvalue weighted by molar-refractivity contribution is 0.0746. The van der Waals surface area contributed by atoms with Crippen molar-refractivity contribution < 1.29 is 9.53 Å². The fraction of sp³-hybridized carbons (Fsp3) is 0.615. The molecule has 106 valence electrons. The van der Waals surface area contributed by atoms with Crippen molar-refractivity contribution in [2.45, 2.75) is 31.9 Å². The van der Waals surface area contributed by atoms with Gasteiger partial charge in [0.2, 0.25) is 0 Å². The van der Waals surface area contributed by atoms with Gasteiger partial charge in [-0.05, 0) is 24.5 Å². The van der Waals surface area contributed by atoms with Crippen LogP contribution in [0.1, 0.15) is 33.0 Å². The maximum atomic E-state index is 12.5. The summed E-state index contributed by atoms with van der Waals surface area (Å²) in [7, 11) is 0. The third kappa shape index (κ3) is 2.79. The van der Waals surface area contributed by atoms with Gasteiger partial charge in [0.25, 0.3) is 5.91 Å². The number of hydrogen-bond acceptors (Lipinski definition) is 4. The van der Waals surface area contributed by atoms with Crippen molar-refractivity contribution in [2.24, 2.45) is 5.73 Å². The van der Waals surface area contributed by atoms with Crippen LogP contribution in [-0.4, -0.2) is 36.5 Å². The largest absolute Gasteiger partial charge is 0.376 e. The van der Waals surface area contributed by atoms with Crippen LogP contribution >= 0.6 is 23.7 Å². The molecule has 19 heavy (non-hydrogen) atoms. The predicted octanol–water partition coefficient (Wildman–Crippen LogP) is 1.81. The lowest BCUT2D eigenvalue weighted by Crippen LogP contribution is -2.39. The Kier molecular flexibility index (Phi) is 4.84. The Morgan fingerprint density at radius 1 is 1.58 bits per heavy atom. The van der Waals surface area contributed by atoms with E-state index in [1.165, 1.54) is 10.4 Å². The van der Waals surface area contributed by atoms with Crippen LogP contribution in [0.4, 0.5) is 0 Å². The molecule has 6 heteroatoms. The molecule has 1 saturated heterocycles. The highest BCUT2D eigenvalue weighted by Gasteiger charge is 2.30. The van der Waals surface area contributed by atoms with Gasteiger partial charge in [0.05, 0.1) is 18.1 Å². The second kappa shape index (κ2) is 6.22. The van der Waals surface area contributed by atoms with Crippen LogP contribution in [-0.2, 0) is 17.8 Å². The summed E-state index contributed by atoms with van der Waals surface area (Å²) in [4.78, 5) is 16.6. The normalized spacial score (nSPS) is 21.9. The Morgan fingerprint density at radius 2 is 2.42 bits per heavy atom. The summed E-state index contributed by atoms with van der Waals surface area (Å²) in [6.07, 6.45) is 3.05. The monoisotopic (exact) mass is 302 g/mol. The van der Waals surface area contributed by atoms with Crippen molar-refractivity contribution in [3.63, 3.8) is 0 Å². The molecule has 0 radical (unpaired) electrons. The Hall–Kier alpha value is -0.620. The minimum absolute atomic E-state index is 0. The van der Waals surface area contributed by atoms with E-state index >= 15 is 0 Å². The molecular formula is C13H19ClN2O2S. The van der Waals surface area contributed by atoms with Gasteiger partial charge in [-0.1, -0.05) is 0 Å². The molecule has 4 nitrogen and oxygen atoms in total. The summed E-state index contributed by atoms with van der Waals surface area (Å²) in [5.41, 5.74) is 6.92. The zero-order valence-corrected chi connectivity index (χ0v) is 12.4. The number of nitrogens with zero attached hydrogens (tertiary/aromatic N) is 1. The second-order valence-corrected chi connectivity index (χ2v) is 6.03. The molecule has 3 rings (SSSR count). The van der Waals surface area contributed by atoms with Crippen LogP contribution in [0.3, 0.4) is 0 Å². The number of amides is 1. The van der Waals surface area contributed by atoms with Gasteiger partial charge in [-0.25, -0.2) is 0 Å². The Bertz CT molecular complexity index is 440. The zero-order valence-electron chi connectivity index (χ0n) is 10.8. The van der Waals surface area contributed by atoms with Crippen LogP contribution in [0.5, 0.6) is 0 Å². The molecule has 1 aromatic heterocycles. The maximum absolute atomic E-state index is 12.5. The fourth-order valence-electron chi connectivity index (χ4n) is 2.74. The average molecular weight is 303 g/mol. The molecule has 1 fully saturated rings. The molecule has 2 aliphatic rings. The van der Waals surface area contributed by atoms with Gasteiger partial charge in [0.1, 0.15) is 0 Å². The zero-order chi connectivity index (χ0) is 12.5. The van der Waals surface area contributed by atoms with Gasteiger partial charge in [0, 0.05) is 30.4 Å². The minimum Gasteiger partial charge on any atom is -0.376 e. The molecule has 1 atom stereocenters. The van der Waals surface area contributed by atoms with Gasteiger partial charge in [0.15, 0.2) is 0 Å². The average Bonchev–Trinajstić information content (AvgIpc) is 3.03. The summed E-state index contributed by atoms with van der Waals surface area (Å²) in [5, 5.41) is 0. The SMILES string of the molecule is Cl.NCC1CCCN1C(=O)c1cc2c(s1)CCOC2. The van der Waals surface area contributed by atoms with E-state index in [2.05, 4.69) is 0 Å². The van der Waals surface area contributed by atoms with Crippen molar-refractivity contribution in [3.8, 4) is 0 Å². The predicted molar refractivity (Wildman–Crippen MR) is 78.0 cm³/mol. The van der Waals surface area contributed by atoms with Gasteiger partial charge < -0.3 is 15.4 Å². The topological polar surface area (TPSA) is 55.6 Å². The number of halogens is 1. The van der Waals surface area contributed by atoms with E-state index < -0.39 is 0 Å². The van der Waals surface area contributed by atoms with Crippen molar-refractivity contribution in [1.29, 1.82) is 0 Å². The first-order valence-corrected chi connectivity index (χ1v) is 7.31. The highest BCUT2D eigenvalue weighted by molar-refractivity contribution is 7.14. The van der Waals surface area contributed by atoms with Crippen LogP contribution in [0.15, 0.2) is 6.07 Å². The van der Waals surface area contributed by atoms with Gasteiger partial charge in [-0.15, -0.1) is 23.7 Å². The van der Waals surface area contributed by atoms with Crippen molar-refractivity contribution in [2.75, 3.05) is 19.7 Å². The highest BCUT2D eigenvalue weighted by Crippen LogP contribution is 2.29. The Labute approximate surface area is 123 Å². The van der Waals surface area contributed by atoms with Crippen LogP contribution in [0, 0.1) is 0 Å². The number of likely N-dealkylation sites (tertiary alicyclic amines) is 1. The third-order valence-electron chi connectivity index (χ3n) is 3.75. The fourth-order valence-corrected chi connectivity index (χ4v) is 3.85. The molecule has 0 saturated carbocycles. The molecule has 2 aliphatic heterocycles. The van der Waals surface area contributed by atoms with Crippen molar-refractivity contribution in [3.05, 3.63) is 21.4 Å². The molecule has 1 unspecified atom stereocenters. The van der Waals surface area contributed by atoms with E-state index in [4.69, 9.17) is 10.5 Å². The quantitative estimate of drug-likeness (QED) is 0.906. The Morgan fingerprint density at radius 3 is 3.16 bits per heavy atom. The molecule has 1 amide bonds. The lowest BCUT2D eigenvalue weighted by Gasteiger charge is -2.22. The summed E-state index contributed by atoms with van der Waals surface area (Å²) in [6.45, 7) is 2.84. The molecule has 0 spiro atoms. The standard InChI is InChI=1S/C13H18N2O2S.ClH/c14-7-10-2-1-4-15(10)13(16)12-6-9-8-17-5-3-11(9)18-12;/h6,10H,1-5,7-8,14H2;1H. The molecule has 0 bridgehead atoms. The number of carbonyl (C=O) groups is 1.